The summed E-state index contributed by atoms with van der Waals surface area (Å²) in [5, 5.41) is 0.585. The molecule has 1 aromatic carbocycles. The lowest BCUT2D eigenvalue weighted by atomic mass is 9.94. The minimum Gasteiger partial charge on any atom is -0.303 e. The molecule has 1 aromatic rings. The summed E-state index contributed by atoms with van der Waals surface area (Å²) in [6, 6.07) is 7.14. The quantitative estimate of drug-likeness (QED) is 0.778. The zero-order chi connectivity index (χ0) is 17.9. The van der Waals surface area contributed by atoms with E-state index >= 15 is 0 Å². The summed E-state index contributed by atoms with van der Waals surface area (Å²) in [6.07, 6.45) is 4.59. The molecule has 0 aliphatic carbocycles. The van der Waals surface area contributed by atoms with E-state index in [0.717, 1.165) is 30.9 Å². The van der Waals surface area contributed by atoms with Gasteiger partial charge in [-0.25, -0.2) is 12.7 Å². The molecule has 2 aliphatic heterocycles. The molecule has 0 aromatic heterocycles. The Hall–Kier alpha value is -0.620. The van der Waals surface area contributed by atoms with Crippen molar-refractivity contribution in [3.8, 4) is 0 Å². The Morgan fingerprint density at radius 1 is 1.16 bits per heavy atom. The molecule has 0 radical (unpaired) electrons. The van der Waals surface area contributed by atoms with Crippen LogP contribution in [-0.2, 0) is 15.8 Å². The zero-order valence-corrected chi connectivity index (χ0v) is 16.6. The lowest BCUT2D eigenvalue weighted by Gasteiger charge is -2.37. The first-order valence-electron chi connectivity index (χ1n) is 9.37. The van der Waals surface area contributed by atoms with Gasteiger partial charge in [0.1, 0.15) is 0 Å². The molecule has 0 spiro atoms. The minimum absolute atomic E-state index is 0.0435. The Morgan fingerprint density at radius 2 is 1.92 bits per heavy atom. The molecule has 0 saturated carbocycles. The molecule has 0 amide bonds. The van der Waals surface area contributed by atoms with Gasteiger partial charge in [-0.05, 0) is 61.8 Å². The van der Waals surface area contributed by atoms with Crippen LogP contribution in [0.4, 0.5) is 0 Å². The average Bonchev–Trinajstić information content (AvgIpc) is 2.55. The van der Waals surface area contributed by atoms with E-state index in [-0.39, 0.29) is 5.75 Å². The highest BCUT2D eigenvalue weighted by Gasteiger charge is 2.29. The number of nitrogens with zero attached hydrogens (tertiary/aromatic N) is 2. The van der Waals surface area contributed by atoms with Crippen molar-refractivity contribution in [2.75, 3.05) is 32.7 Å². The van der Waals surface area contributed by atoms with Crippen LogP contribution < -0.4 is 0 Å². The lowest BCUT2D eigenvalue weighted by molar-refractivity contribution is 0.136. The van der Waals surface area contributed by atoms with Crippen LogP contribution >= 0.6 is 11.6 Å². The molecule has 25 heavy (non-hydrogen) atoms. The minimum atomic E-state index is -3.26. The summed E-state index contributed by atoms with van der Waals surface area (Å²) in [7, 11) is -3.26. The van der Waals surface area contributed by atoms with Crippen LogP contribution in [0.2, 0.25) is 5.02 Å². The van der Waals surface area contributed by atoms with E-state index in [1.807, 2.05) is 6.07 Å². The fraction of sp³-hybridized carbons (Fsp3) is 0.684. The monoisotopic (exact) mass is 384 g/mol. The molecule has 1 atom stereocenters. The van der Waals surface area contributed by atoms with Gasteiger partial charge >= 0.3 is 0 Å². The predicted octanol–water partition coefficient (Wildman–Crippen LogP) is 3.61. The Morgan fingerprint density at radius 3 is 2.60 bits per heavy atom. The summed E-state index contributed by atoms with van der Waals surface area (Å²) >= 11 is 5.97. The van der Waals surface area contributed by atoms with Crippen molar-refractivity contribution in [2.24, 2.45) is 11.8 Å². The molecule has 2 heterocycles. The van der Waals surface area contributed by atoms with Crippen molar-refractivity contribution in [3.63, 3.8) is 0 Å². The molecule has 0 N–H and O–H groups in total. The fourth-order valence-corrected chi connectivity index (χ4v) is 5.88. The zero-order valence-electron chi connectivity index (χ0n) is 15.0. The average molecular weight is 385 g/mol. The normalized spacial score (nSPS) is 24.5. The second-order valence-electron chi connectivity index (χ2n) is 7.74. The van der Waals surface area contributed by atoms with Crippen molar-refractivity contribution in [3.05, 3.63) is 34.9 Å². The third-order valence-corrected chi connectivity index (χ3v) is 7.55. The van der Waals surface area contributed by atoms with Gasteiger partial charge in [-0.15, -0.1) is 0 Å². The van der Waals surface area contributed by atoms with Crippen LogP contribution in [0.3, 0.4) is 0 Å². The highest BCUT2D eigenvalue weighted by atomic mass is 35.5. The maximum atomic E-state index is 12.7. The third kappa shape index (κ3) is 5.43. The van der Waals surface area contributed by atoms with Gasteiger partial charge in [0.25, 0.3) is 0 Å². The molecule has 4 nitrogen and oxygen atoms in total. The number of benzene rings is 1. The van der Waals surface area contributed by atoms with E-state index < -0.39 is 10.0 Å². The molecule has 0 bridgehead atoms. The van der Waals surface area contributed by atoms with Gasteiger partial charge < -0.3 is 4.90 Å². The number of hydrogen-bond acceptors (Lipinski definition) is 3. The Bertz CT molecular complexity index is 672. The van der Waals surface area contributed by atoms with Crippen molar-refractivity contribution in [1.82, 2.24) is 9.21 Å². The van der Waals surface area contributed by atoms with Gasteiger partial charge in [0.05, 0.1) is 5.75 Å². The van der Waals surface area contributed by atoms with Gasteiger partial charge in [-0.2, -0.15) is 0 Å². The number of likely N-dealkylation sites (tertiary alicyclic amines) is 1. The molecule has 2 saturated heterocycles. The molecule has 3 rings (SSSR count). The predicted molar refractivity (Wildman–Crippen MR) is 103 cm³/mol. The molecular weight excluding hydrogens is 356 g/mol. The highest BCUT2D eigenvalue weighted by molar-refractivity contribution is 7.88. The smallest absolute Gasteiger partial charge is 0.218 e. The highest BCUT2D eigenvalue weighted by Crippen LogP contribution is 2.25. The van der Waals surface area contributed by atoms with Crippen molar-refractivity contribution >= 4 is 21.6 Å². The molecule has 6 heteroatoms. The SMILES string of the molecule is C[C@H]1CCCN(CC2CCN(S(=O)(=O)Cc3cccc(Cl)c3)CC2)C1. The Balaban J connectivity index is 1.51. The van der Waals surface area contributed by atoms with E-state index in [9.17, 15) is 8.42 Å². The molecule has 140 valence electrons. The van der Waals surface area contributed by atoms with Crippen LogP contribution in [0.5, 0.6) is 0 Å². The number of sulfonamides is 1. The first-order valence-corrected chi connectivity index (χ1v) is 11.4. The van der Waals surface area contributed by atoms with E-state index in [2.05, 4.69) is 11.8 Å². The Kier molecular flexibility index (Phi) is 6.42. The van der Waals surface area contributed by atoms with E-state index in [1.165, 1.54) is 25.9 Å². The number of hydrogen-bond donors (Lipinski definition) is 0. The maximum absolute atomic E-state index is 12.7. The number of halogens is 1. The summed E-state index contributed by atoms with van der Waals surface area (Å²) in [4.78, 5) is 2.58. The first-order chi connectivity index (χ1) is 11.9. The van der Waals surface area contributed by atoms with Gasteiger partial charge in [0, 0.05) is 31.2 Å². The molecular formula is C19H29ClN2O2S. The van der Waals surface area contributed by atoms with Gasteiger partial charge in [-0.1, -0.05) is 30.7 Å². The van der Waals surface area contributed by atoms with Crippen molar-refractivity contribution in [1.29, 1.82) is 0 Å². The molecule has 0 unspecified atom stereocenters. The topological polar surface area (TPSA) is 40.6 Å². The second-order valence-corrected chi connectivity index (χ2v) is 10.1. The van der Waals surface area contributed by atoms with Crippen LogP contribution in [0.15, 0.2) is 24.3 Å². The van der Waals surface area contributed by atoms with Crippen LogP contribution in [0, 0.1) is 11.8 Å². The van der Waals surface area contributed by atoms with Crippen molar-refractivity contribution < 1.29 is 8.42 Å². The van der Waals surface area contributed by atoms with Crippen molar-refractivity contribution in [2.45, 2.75) is 38.4 Å². The summed E-state index contributed by atoms with van der Waals surface area (Å²) < 4.78 is 27.0. The summed E-state index contributed by atoms with van der Waals surface area (Å²) in [5.74, 6) is 1.47. The van der Waals surface area contributed by atoms with E-state index in [1.54, 1.807) is 22.5 Å². The second kappa shape index (κ2) is 8.38. The van der Waals surface area contributed by atoms with Gasteiger partial charge in [0.15, 0.2) is 0 Å². The molecule has 2 fully saturated rings. The standard InChI is InChI=1S/C19H29ClN2O2S/c1-16-4-3-9-21(13-16)14-17-7-10-22(11-8-17)25(23,24)15-18-5-2-6-19(20)12-18/h2,5-6,12,16-17H,3-4,7-11,13-15H2,1H3/t16-/m0/s1. The Labute approximate surface area is 157 Å². The first kappa shape index (κ1) is 19.2. The van der Waals surface area contributed by atoms with Gasteiger partial charge in [0.2, 0.25) is 10.0 Å². The van der Waals surface area contributed by atoms with Crippen LogP contribution in [0.1, 0.15) is 38.2 Å². The van der Waals surface area contributed by atoms with E-state index in [4.69, 9.17) is 11.6 Å². The fourth-order valence-electron chi connectivity index (χ4n) is 4.12. The largest absolute Gasteiger partial charge is 0.303 e. The third-order valence-electron chi connectivity index (χ3n) is 5.46. The lowest BCUT2D eigenvalue weighted by Crippen LogP contribution is -2.43. The van der Waals surface area contributed by atoms with Crippen LogP contribution in [-0.4, -0.2) is 50.3 Å². The number of piperidine rings is 2. The van der Waals surface area contributed by atoms with Crippen LogP contribution in [0.25, 0.3) is 0 Å². The van der Waals surface area contributed by atoms with Gasteiger partial charge in [-0.3, -0.25) is 0 Å². The summed E-state index contributed by atoms with van der Waals surface area (Å²) in [6.45, 7) is 7.17. The molecule has 2 aliphatic rings. The maximum Gasteiger partial charge on any atom is 0.218 e. The summed E-state index contributed by atoms with van der Waals surface area (Å²) in [5.41, 5.74) is 0.761. The van der Waals surface area contributed by atoms with E-state index in [0.29, 0.717) is 24.0 Å². The number of rotatable bonds is 5.